The summed E-state index contributed by atoms with van der Waals surface area (Å²) in [5, 5.41) is 14.5. The van der Waals surface area contributed by atoms with Gasteiger partial charge in [0.15, 0.2) is 5.13 Å². The van der Waals surface area contributed by atoms with Crippen molar-refractivity contribution in [3.63, 3.8) is 0 Å². The van der Waals surface area contributed by atoms with Crippen molar-refractivity contribution in [3.05, 3.63) is 87.3 Å². The highest BCUT2D eigenvalue weighted by molar-refractivity contribution is 7.17. The zero-order chi connectivity index (χ0) is 24.6. The number of nitrogens with zero attached hydrogens (tertiary/aromatic N) is 5. The number of aromatic amines is 1. The molecule has 0 aliphatic heterocycles. The lowest BCUT2D eigenvalue weighted by Gasteiger charge is -2.14. The summed E-state index contributed by atoms with van der Waals surface area (Å²) in [5.41, 5.74) is 2.94. The molecule has 1 aromatic carbocycles. The summed E-state index contributed by atoms with van der Waals surface area (Å²) in [6.45, 7) is 2.20. The number of rotatable bonds is 8. The third kappa shape index (κ3) is 4.57. The van der Waals surface area contributed by atoms with E-state index in [2.05, 4.69) is 30.6 Å². The minimum absolute atomic E-state index is 0.190. The Morgan fingerprint density at radius 1 is 1.25 bits per heavy atom. The molecule has 1 atom stereocenters. The highest BCUT2D eigenvalue weighted by Gasteiger charge is 2.28. The molecule has 1 aliphatic rings. The number of anilines is 1. The number of ether oxygens (including phenoxy) is 1. The van der Waals surface area contributed by atoms with Gasteiger partial charge in [-0.1, -0.05) is 34.2 Å². The van der Waals surface area contributed by atoms with E-state index in [1.54, 1.807) is 24.5 Å². The summed E-state index contributed by atoms with van der Waals surface area (Å²) >= 11 is 7.96. The summed E-state index contributed by atoms with van der Waals surface area (Å²) in [4.78, 5) is 24.6. The van der Waals surface area contributed by atoms with Crippen molar-refractivity contribution >= 4 is 39.0 Å². The lowest BCUT2D eigenvalue weighted by Crippen LogP contribution is -2.19. The Bertz CT molecular complexity index is 1590. The van der Waals surface area contributed by atoms with Crippen molar-refractivity contribution in [1.29, 1.82) is 0 Å². The van der Waals surface area contributed by atoms with Crippen LogP contribution in [0.25, 0.3) is 15.9 Å². The van der Waals surface area contributed by atoms with Gasteiger partial charge in [0.2, 0.25) is 0 Å². The number of benzene rings is 1. The van der Waals surface area contributed by atoms with Gasteiger partial charge in [0.05, 0.1) is 40.4 Å². The van der Waals surface area contributed by atoms with Crippen LogP contribution in [0.5, 0.6) is 5.75 Å². The van der Waals surface area contributed by atoms with Gasteiger partial charge in [-0.05, 0) is 44.0 Å². The maximum Gasteiger partial charge on any atom is 0.253 e. The summed E-state index contributed by atoms with van der Waals surface area (Å²) in [5.74, 6) is 1.01. The zero-order valence-corrected chi connectivity index (χ0v) is 20.9. The van der Waals surface area contributed by atoms with E-state index in [0.29, 0.717) is 32.9 Å². The molecule has 5 aromatic rings. The smallest absolute Gasteiger partial charge is 0.253 e. The van der Waals surface area contributed by atoms with E-state index in [-0.39, 0.29) is 18.2 Å². The average molecular weight is 520 g/mol. The van der Waals surface area contributed by atoms with Crippen molar-refractivity contribution in [2.24, 2.45) is 0 Å². The fraction of sp³-hybridized carbons (Fsp3) is 0.240. The summed E-state index contributed by atoms with van der Waals surface area (Å²) in [6, 6.07) is 10.7. The van der Waals surface area contributed by atoms with E-state index >= 15 is 0 Å². The van der Waals surface area contributed by atoms with E-state index in [0.717, 1.165) is 21.8 Å². The maximum atomic E-state index is 12.9. The van der Waals surface area contributed by atoms with Crippen LogP contribution < -0.4 is 15.6 Å². The second kappa shape index (κ2) is 9.36. The summed E-state index contributed by atoms with van der Waals surface area (Å²) in [7, 11) is 0. The molecule has 36 heavy (non-hydrogen) atoms. The van der Waals surface area contributed by atoms with Gasteiger partial charge in [0.1, 0.15) is 17.4 Å². The Morgan fingerprint density at radius 3 is 2.94 bits per heavy atom. The lowest BCUT2D eigenvalue weighted by atomic mass is 10.1. The second-order valence-electron chi connectivity index (χ2n) is 8.75. The average Bonchev–Trinajstić information content (AvgIpc) is 3.42. The van der Waals surface area contributed by atoms with E-state index in [1.165, 1.54) is 24.2 Å². The molecule has 0 saturated heterocycles. The number of hydrogen-bond acceptors (Lipinski definition) is 8. The van der Waals surface area contributed by atoms with Crippen molar-refractivity contribution < 1.29 is 4.74 Å². The van der Waals surface area contributed by atoms with Gasteiger partial charge in [0, 0.05) is 29.1 Å². The van der Waals surface area contributed by atoms with Crippen molar-refractivity contribution in [1.82, 2.24) is 29.9 Å². The standard InChI is InChI=1S/C25H22ClN7O2S/c1-14(30-25-28-12-23(36-25)33-21(11-29-32-33)15-5-6-15)18-8-16-9-19(26)22(10-20(16)31-24(18)34)35-13-17-4-2-3-7-27-17/h2-4,7-12,14-15H,5-6,13H2,1H3,(H,28,30)(H,31,34)/t14-/m0/s1. The molecule has 11 heteroatoms. The van der Waals surface area contributed by atoms with Gasteiger partial charge in [-0.3, -0.25) is 9.78 Å². The van der Waals surface area contributed by atoms with Crippen LogP contribution in [0.3, 0.4) is 0 Å². The van der Waals surface area contributed by atoms with Crippen molar-refractivity contribution in [2.45, 2.75) is 38.3 Å². The molecule has 1 aliphatic carbocycles. The van der Waals surface area contributed by atoms with Crippen LogP contribution in [0.15, 0.2) is 59.8 Å². The predicted molar refractivity (Wildman–Crippen MR) is 139 cm³/mol. The monoisotopic (exact) mass is 519 g/mol. The van der Waals surface area contributed by atoms with Gasteiger partial charge in [-0.25, -0.2) is 9.67 Å². The first kappa shape index (κ1) is 22.7. The number of H-pyrrole nitrogens is 1. The first-order valence-corrected chi connectivity index (χ1v) is 12.8. The molecule has 4 heterocycles. The largest absolute Gasteiger partial charge is 0.486 e. The van der Waals surface area contributed by atoms with Crippen LogP contribution in [0.1, 0.15) is 48.7 Å². The van der Waals surface area contributed by atoms with Gasteiger partial charge < -0.3 is 15.0 Å². The Balaban J connectivity index is 1.21. The fourth-order valence-corrected chi connectivity index (χ4v) is 5.16. The zero-order valence-electron chi connectivity index (χ0n) is 19.3. The lowest BCUT2D eigenvalue weighted by molar-refractivity contribution is 0.302. The highest BCUT2D eigenvalue weighted by atomic mass is 35.5. The molecule has 4 aromatic heterocycles. The summed E-state index contributed by atoms with van der Waals surface area (Å²) in [6.07, 6.45) is 7.64. The Hall–Kier alpha value is -3.76. The fourth-order valence-electron chi connectivity index (χ4n) is 4.06. The van der Waals surface area contributed by atoms with E-state index in [1.807, 2.05) is 42.1 Å². The second-order valence-corrected chi connectivity index (χ2v) is 10.2. The number of thiazole rings is 1. The van der Waals surface area contributed by atoms with Crippen molar-refractivity contribution in [2.75, 3.05) is 5.32 Å². The quantitative estimate of drug-likeness (QED) is 0.288. The van der Waals surface area contributed by atoms with Gasteiger partial charge >= 0.3 is 0 Å². The number of aromatic nitrogens is 6. The van der Waals surface area contributed by atoms with Gasteiger partial charge in [-0.2, -0.15) is 0 Å². The van der Waals surface area contributed by atoms with Gasteiger partial charge in [-0.15, -0.1) is 5.10 Å². The number of pyridine rings is 2. The Kier molecular flexibility index (Phi) is 5.90. The molecule has 182 valence electrons. The molecular formula is C25H22ClN7O2S. The molecule has 0 spiro atoms. The molecule has 0 unspecified atom stereocenters. The SMILES string of the molecule is C[C@H](Nc1ncc(-n2nncc2C2CC2)s1)c1cc2cc(Cl)c(OCc3ccccn3)cc2[nH]c1=O. The molecule has 0 radical (unpaired) electrons. The minimum atomic E-state index is -0.283. The number of nitrogens with one attached hydrogen (secondary N) is 2. The first-order valence-electron chi connectivity index (χ1n) is 11.6. The number of halogens is 1. The first-order chi connectivity index (χ1) is 17.5. The number of fused-ring (bicyclic) bond motifs is 1. The summed E-state index contributed by atoms with van der Waals surface area (Å²) < 4.78 is 7.69. The normalized spacial score (nSPS) is 14.2. The van der Waals surface area contributed by atoms with E-state index < -0.39 is 0 Å². The van der Waals surface area contributed by atoms with Crippen LogP contribution in [0.2, 0.25) is 5.02 Å². The van der Waals surface area contributed by atoms with Crippen LogP contribution in [0, 0.1) is 0 Å². The molecule has 0 amide bonds. The number of hydrogen-bond donors (Lipinski definition) is 2. The van der Waals surface area contributed by atoms with E-state index in [4.69, 9.17) is 16.3 Å². The molecule has 9 nitrogen and oxygen atoms in total. The van der Waals surface area contributed by atoms with E-state index in [9.17, 15) is 4.79 Å². The molecule has 6 rings (SSSR count). The van der Waals surface area contributed by atoms with Crippen LogP contribution in [-0.2, 0) is 6.61 Å². The Morgan fingerprint density at radius 2 is 2.14 bits per heavy atom. The molecule has 1 fully saturated rings. The topological polar surface area (TPSA) is 111 Å². The minimum Gasteiger partial charge on any atom is -0.486 e. The van der Waals surface area contributed by atoms with Crippen LogP contribution in [0.4, 0.5) is 5.13 Å². The van der Waals surface area contributed by atoms with Crippen LogP contribution >= 0.6 is 22.9 Å². The molecule has 1 saturated carbocycles. The van der Waals surface area contributed by atoms with Crippen LogP contribution in [-0.4, -0.2) is 29.9 Å². The third-order valence-corrected chi connectivity index (χ3v) is 7.31. The van der Waals surface area contributed by atoms with Crippen molar-refractivity contribution in [3.8, 4) is 10.8 Å². The molecule has 0 bridgehead atoms. The maximum absolute atomic E-state index is 12.9. The third-order valence-electron chi connectivity index (χ3n) is 6.11. The molecule has 2 N–H and O–H groups in total. The Labute approximate surface area is 215 Å². The highest BCUT2D eigenvalue weighted by Crippen LogP contribution is 2.41. The predicted octanol–water partition coefficient (Wildman–Crippen LogP) is 5.24. The van der Waals surface area contributed by atoms with Gasteiger partial charge in [0.25, 0.3) is 5.56 Å². The molecular weight excluding hydrogens is 498 g/mol.